The maximum atomic E-state index is 11.7. The molecule has 18 heavy (non-hydrogen) atoms. The highest BCUT2D eigenvalue weighted by molar-refractivity contribution is 5.75. The molecule has 3 atom stereocenters. The number of hydrogen-bond donors (Lipinski definition) is 1. The second kappa shape index (κ2) is 5.70. The van der Waals surface area contributed by atoms with Crippen LogP contribution in [0.1, 0.15) is 39.5 Å². The summed E-state index contributed by atoms with van der Waals surface area (Å²) in [5.41, 5.74) is 2.36. The number of aliphatic hydroxyl groups excluding tert-OH is 1. The highest BCUT2D eigenvalue weighted by Crippen LogP contribution is 2.35. The van der Waals surface area contributed by atoms with Crippen LogP contribution in [0.2, 0.25) is 0 Å². The van der Waals surface area contributed by atoms with Gasteiger partial charge in [0, 0.05) is 5.92 Å². The number of hydrogen-bond acceptors (Lipinski definition) is 3. The molecule has 3 nitrogen and oxygen atoms in total. The predicted molar refractivity (Wildman–Crippen MR) is 69.9 cm³/mol. The van der Waals surface area contributed by atoms with Crippen LogP contribution in [0, 0.1) is 11.8 Å². The van der Waals surface area contributed by atoms with Gasteiger partial charge in [0.05, 0.1) is 12.5 Å². The number of aliphatic hydroxyl groups is 1. The van der Waals surface area contributed by atoms with Crippen LogP contribution >= 0.6 is 0 Å². The van der Waals surface area contributed by atoms with Crippen molar-refractivity contribution in [1.29, 1.82) is 0 Å². The van der Waals surface area contributed by atoms with Crippen LogP contribution in [-0.2, 0) is 9.53 Å². The summed E-state index contributed by atoms with van der Waals surface area (Å²) in [6.45, 7) is 4.16. The van der Waals surface area contributed by atoms with Crippen molar-refractivity contribution < 1.29 is 14.6 Å². The van der Waals surface area contributed by atoms with E-state index in [0.29, 0.717) is 0 Å². The van der Waals surface area contributed by atoms with Crippen LogP contribution in [0.25, 0.3) is 0 Å². The second-order valence-corrected chi connectivity index (χ2v) is 5.46. The molecule has 0 aromatic heterocycles. The standard InChI is InChI=1S/C15H22O3/c1-10-4-3-5-12(9-16)6-7-13-11(2)15(17)18-14(13)8-10/h5,8,11,13-14,16H,3-4,6-7,9H2,1-2H3/b10-8+,12-5-/t11-,13-,14+/m0/s1. The molecule has 0 aromatic carbocycles. The smallest absolute Gasteiger partial charge is 0.309 e. The highest BCUT2D eigenvalue weighted by atomic mass is 16.6. The molecule has 0 radical (unpaired) electrons. The van der Waals surface area contributed by atoms with E-state index in [1.54, 1.807) is 0 Å². The average molecular weight is 250 g/mol. The molecule has 2 rings (SSSR count). The maximum Gasteiger partial charge on any atom is 0.309 e. The first-order valence-electron chi connectivity index (χ1n) is 6.78. The number of rotatable bonds is 1. The first-order chi connectivity index (χ1) is 8.61. The van der Waals surface area contributed by atoms with Crippen molar-refractivity contribution >= 4 is 5.97 Å². The lowest BCUT2D eigenvalue weighted by Gasteiger charge is -2.19. The lowest BCUT2D eigenvalue weighted by atomic mass is 9.84. The van der Waals surface area contributed by atoms with Gasteiger partial charge < -0.3 is 9.84 Å². The van der Waals surface area contributed by atoms with Gasteiger partial charge in [-0.1, -0.05) is 18.6 Å². The normalized spacial score (nSPS) is 39.1. The largest absolute Gasteiger partial charge is 0.458 e. The van der Waals surface area contributed by atoms with Crippen LogP contribution in [0.15, 0.2) is 23.3 Å². The van der Waals surface area contributed by atoms with Gasteiger partial charge in [-0.3, -0.25) is 4.79 Å². The Balaban J connectivity index is 2.19. The number of esters is 1. The molecule has 1 N–H and O–H groups in total. The van der Waals surface area contributed by atoms with E-state index in [4.69, 9.17) is 4.74 Å². The van der Waals surface area contributed by atoms with E-state index < -0.39 is 0 Å². The van der Waals surface area contributed by atoms with Gasteiger partial charge >= 0.3 is 5.97 Å². The third-order valence-corrected chi connectivity index (χ3v) is 4.11. The van der Waals surface area contributed by atoms with Crippen molar-refractivity contribution in [3.63, 3.8) is 0 Å². The van der Waals surface area contributed by atoms with Crippen molar-refractivity contribution in [1.82, 2.24) is 0 Å². The fraction of sp³-hybridized carbons (Fsp3) is 0.667. The van der Waals surface area contributed by atoms with E-state index in [1.165, 1.54) is 5.57 Å². The Kier molecular flexibility index (Phi) is 4.23. The van der Waals surface area contributed by atoms with Gasteiger partial charge in [0.15, 0.2) is 0 Å². The van der Waals surface area contributed by atoms with E-state index in [1.807, 2.05) is 6.92 Å². The fourth-order valence-electron chi connectivity index (χ4n) is 2.83. The van der Waals surface area contributed by atoms with Crippen LogP contribution in [0.5, 0.6) is 0 Å². The van der Waals surface area contributed by atoms with Crippen molar-refractivity contribution in [3.8, 4) is 0 Å². The molecule has 1 heterocycles. The van der Waals surface area contributed by atoms with Crippen molar-refractivity contribution in [2.45, 2.75) is 45.6 Å². The summed E-state index contributed by atoms with van der Waals surface area (Å²) in [5, 5.41) is 9.31. The van der Waals surface area contributed by atoms with Gasteiger partial charge in [-0.15, -0.1) is 0 Å². The Hall–Kier alpha value is -1.09. The van der Waals surface area contributed by atoms with Crippen LogP contribution < -0.4 is 0 Å². The van der Waals surface area contributed by atoms with Gasteiger partial charge in [0.2, 0.25) is 0 Å². The Morgan fingerprint density at radius 2 is 2.22 bits per heavy atom. The SMILES string of the molecule is C/C1=C\[C@H]2OC(=O)[C@@H](C)[C@@H]2CC/C(CO)=C/CC1. The minimum absolute atomic E-state index is 0.0292. The van der Waals surface area contributed by atoms with E-state index in [0.717, 1.165) is 31.3 Å². The zero-order chi connectivity index (χ0) is 13.1. The van der Waals surface area contributed by atoms with Gasteiger partial charge in [-0.25, -0.2) is 0 Å². The van der Waals surface area contributed by atoms with E-state index in [-0.39, 0.29) is 30.5 Å². The summed E-state index contributed by atoms with van der Waals surface area (Å²) < 4.78 is 5.45. The topological polar surface area (TPSA) is 46.5 Å². The molecule has 3 heteroatoms. The van der Waals surface area contributed by atoms with Crippen molar-refractivity contribution in [2.75, 3.05) is 6.61 Å². The summed E-state index contributed by atoms with van der Waals surface area (Å²) in [6, 6.07) is 0. The lowest BCUT2D eigenvalue weighted by Crippen LogP contribution is -2.19. The third kappa shape index (κ3) is 2.83. The van der Waals surface area contributed by atoms with Crippen molar-refractivity contribution in [2.24, 2.45) is 11.8 Å². The molecule has 1 aliphatic carbocycles. The first kappa shape index (κ1) is 13.3. The molecule has 1 saturated heterocycles. The summed E-state index contributed by atoms with van der Waals surface area (Å²) in [5.74, 6) is 0.141. The number of ether oxygens (including phenoxy) is 1. The quantitative estimate of drug-likeness (QED) is 0.575. The second-order valence-electron chi connectivity index (χ2n) is 5.46. The predicted octanol–water partition coefficient (Wildman–Crippen LogP) is 2.60. The Labute approximate surface area is 109 Å². The lowest BCUT2D eigenvalue weighted by molar-refractivity contribution is -0.142. The van der Waals surface area contributed by atoms with Crippen LogP contribution in [0.4, 0.5) is 0 Å². The zero-order valence-electron chi connectivity index (χ0n) is 11.2. The number of allylic oxidation sites excluding steroid dienone is 2. The minimum Gasteiger partial charge on any atom is -0.458 e. The molecule has 1 fully saturated rings. The molecular weight excluding hydrogens is 228 g/mol. The molecule has 100 valence electrons. The Bertz CT molecular complexity index is 381. The highest BCUT2D eigenvalue weighted by Gasteiger charge is 2.40. The van der Waals surface area contributed by atoms with Crippen LogP contribution in [0.3, 0.4) is 0 Å². The summed E-state index contributed by atoms with van der Waals surface area (Å²) >= 11 is 0. The Morgan fingerprint density at radius 3 is 2.94 bits per heavy atom. The molecule has 0 bridgehead atoms. The molecule has 0 unspecified atom stereocenters. The van der Waals surface area contributed by atoms with Gasteiger partial charge in [-0.05, 0) is 44.3 Å². The monoisotopic (exact) mass is 250 g/mol. The average Bonchev–Trinajstić information content (AvgIpc) is 2.60. The van der Waals surface area contributed by atoms with Crippen molar-refractivity contribution in [3.05, 3.63) is 23.3 Å². The molecule has 0 aromatic rings. The summed E-state index contributed by atoms with van der Waals surface area (Å²) in [6.07, 6.45) is 7.89. The number of carbonyl (C=O) groups excluding carboxylic acids is 1. The molecule has 0 amide bonds. The number of carbonyl (C=O) groups is 1. The van der Waals surface area contributed by atoms with E-state index in [9.17, 15) is 9.90 Å². The van der Waals surface area contributed by atoms with Crippen LogP contribution in [-0.4, -0.2) is 23.8 Å². The number of fused-ring (bicyclic) bond motifs is 1. The summed E-state index contributed by atoms with van der Waals surface area (Å²) in [4.78, 5) is 11.7. The minimum atomic E-state index is -0.0807. The Morgan fingerprint density at radius 1 is 1.44 bits per heavy atom. The summed E-state index contributed by atoms with van der Waals surface area (Å²) in [7, 11) is 0. The first-order valence-corrected chi connectivity index (χ1v) is 6.78. The molecular formula is C15H22O3. The zero-order valence-corrected chi connectivity index (χ0v) is 11.2. The van der Waals surface area contributed by atoms with E-state index in [2.05, 4.69) is 19.1 Å². The molecule has 0 saturated carbocycles. The van der Waals surface area contributed by atoms with Gasteiger partial charge in [-0.2, -0.15) is 0 Å². The third-order valence-electron chi connectivity index (χ3n) is 4.11. The maximum absolute atomic E-state index is 11.7. The molecule has 0 spiro atoms. The van der Waals surface area contributed by atoms with Gasteiger partial charge in [0.25, 0.3) is 0 Å². The molecule has 1 aliphatic heterocycles. The van der Waals surface area contributed by atoms with Gasteiger partial charge in [0.1, 0.15) is 6.10 Å². The fourth-order valence-corrected chi connectivity index (χ4v) is 2.83. The molecule has 2 aliphatic rings. The van der Waals surface area contributed by atoms with E-state index >= 15 is 0 Å².